The zero-order valence-electron chi connectivity index (χ0n) is 15.8. The van der Waals surface area contributed by atoms with Gasteiger partial charge >= 0.3 is 0 Å². The molecular weight excluding hydrogens is 324 g/mol. The van der Waals surface area contributed by atoms with Gasteiger partial charge in [-0.25, -0.2) is 0 Å². The summed E-state index contributed by atoms with van der Waals surface area (Å²) in [4.78, 5) is 0. The van der Waals surface area contributed by atoms with E-state index in [1.165, 1.54) is 19.3 Å². The summed E-state index contributed by atoms with van der Waals surface area (Å²) in [6.07, 6.45) is 9.99. The van der Waals surface area contributed by atoms with Gasteiger partial charge in [-0.2, -0.15) is 0 Å². The second-order valence-corrected chi connectivity index (χ2v) is 5.38. The van der Waals surface area contributed by atoms with Gasteiger partial charge in [-0.1, -0.05) is 32.1 Å². The number of ether oxygens (including phenoxy) is 6. The fraction of sp³-hybridized carbons (Fsp3) is 0.895. The van der Waals surface area contributed by atoms with E-state index >= 15 is 0 Å². The monoisotopic (exact) mass is 360 g/mol. The third-order valence-electron chi connectivity index (χ3n) is 3.19. The molecule has 0 spiro atoms. The Morgan fingerprint density at radius 1 is 0.520 bits per heavy atom. The molecule has 0 atom stereocenters. The molecule has 0 rings (SSSR count). The average Bonchev–Trinajstić information content (AvgIpc) is 2.63. The Morgan fingerprint density at radius 3 is 1.32 bits per heavy atom. The number of hydrogen-bond donors (Lipinski definition) is 0. The highest BCUT2D eigenvalue weighted by Crippen LogP contribution is 1.98. The minimum atomic E-state index is 0.326. The molecule has 25 heavy (non-hydrogen) atoms. The van der Waals surface area contributed by atoms with Crippen LogP contribution < -0.4 is 0 Å². The van der Waals surface area contributed by atoms with Gasteiger partial charge < -0.3 is 28.4 Å². The molecule has 0 amide bonds. The number of terminal acetylenes is 1. The molecule has 0 aliphatic heterocycles. The lowest BCUT2D eigenvalue weighted by molar-refractivity contribution is -0.0156. The Kier molecular flexibility index (Phi) is 22.7. The topological polar surface area (TPSA) is 55.4 Å². The molecule has 6 heteroatoms. The molecule has 6 nitrogen and oxygen atoms in total. The Morgan fingerprint density at radius 2 is 0.920 bits per heavy atom. The van der Waals surface area contributed by atoms with Crippen LogP contribution in [-0.4, -0.2) is 79.3 Å². The third kappa shape index (κ3) is 23.3. The third-order valence-corrected chi connectivity index (χ3v) is 3.19. The van der Waals surface area contributed by atoms with Crippen molar-refractivity contribution in [3.8, 4) is 12.3 Å². The van der Waals surface area contributed by atoms with Gasteiger partial charge in [0, 0.05) is 6.61 Å². The predicted octanol–water partition coefficient (Wildman–Crippen LogP) is 2.30. The second-order valence-electron chi connectivity index (χ2n) is 5.38. The van der Waals surface area contributed by atoms with Gasteiger partial charge in [-0.05, 0) is 6.42 Å². The van der Waals surface area contributed by atoms with Crippen molar-refractivity contribution in [2.75, 3.05) is 79.3 Å². The van der Waals surface area contributed by atoms with E-state index in [1.807, 2.05) is 0 Å². The summed E-state index contributed by atoms with van der Waals surface area (Å²) in [6.45, 7) is 9.04. The highest BCUT2D eigenvalue weighted by Gasteiger charge is 1.94. The van der Waals surface area contributed by atoms with Crippen LogP contribution in [0.15, 0.2) is 0 Å². The van der Waals surface area contributed by atoms with Crippen LogP contribution >= 0.6 is 0 Å². The van der Waals surface area contributed by atoms with Crippen LogP contribution in [0.5, 0.6) is 0 Å². The van der Waals surface area contributed by atoms with Gasteiger partial charge in [-0.3, -0.25) is 0 Å². The highest BCUT2D eigenvalue weighted by atomic mass is 16.6. The second kappa shape index (κ2) is 23.3. The maximum Gasteiger partial charge on any atom is 0.107 e. The Labute approximate surface area is 153 Å². The summed E-state index contributed by atoms with van der Waals surface area (Å²) in [7, 11) is 0. The SMILES string of the molecule is C#CCOCCOCCOCCOCCOCCOCCCCCC. The van der Waals surface area contributed by atoms with Crippen LogP contribution in [0.1, 0.15) is 32.6 Å². The smallest absolute Gasteiger partial charge is 0.107 e. The fourth-order valence-electron chi connectivity index (χ4n) is 1.86. The quantitative estimate of drug-likeness (QED) is 0.231. The summed E-state index contributed by atoms with van der Waals surface area (Å²) in [5.74, 6) is 2.40. The molecule has 0 unspecified atom stereocenters. The van der Waals surface area contributed by atoms with E-state index in [-0.39, 0.29) is 0 Å². The van der Waals surface area contributed by atoms with Gasteiger partial charge in [0.05, 0.1) is 66.1 Å². The van der Waals surface area contributed by atoms with Crippen LogP contribution in [0.2, 0.25) is 0 Å². The lowest BCUT2D eigenvalue weighted by Crippen LogP contribution is -2.14. The zero-order chi connectivity index (χ0) is 18.3. The van der Waals surface area contributed by atoms with E-state index in [0.717, 1.165) is 13.0 Å². The Bertz CT molecular complexity index is 280. The van der Waals surface area contributed by atoms with Crippen LogP contribution in [0.3, 0.4) is 0 Å². The van der Waals surface area contributed by atoms with Crippen molar-refractivity contribution in [3.63, 3.8) is 0 Å². The van der Waals surface area contributed by atoms with E-state index in [9.17, 15) is 0 Å². The molecule has 0 N–H and O–H groups in total. The van der Waals surface area contributed by atoms with Gasteiger partial charge in [0.2, 0.25) is 0 Å². The van der Waals surface area contributed by atoms with Crippen molar-refractivity contribution in [1.29, 1.82) is 0 Å². The lowest BCUT2D eigenvalue weighted by Gasteiger charge is -2.08. The summed E-state index contributed by atoms with van der Waals surface area (Å²) in [6, 6.07) is 0. The average molecular weight is 360 g/mol. The van der Waals surface area contributed by atoms with E-state index in [2.05, 4.69) is 12.8 Å². The van der Waals surface area contributed by atoms with Crippen molar-refractivity contribution in [1.82, 2.24) is 0 Å². The standard InChI is InChI=1S/C19H36O6/c1-3-5-6-7-9-21-11-13-23-15-17-25-19-18-24-16-14-22-12-10-20-8-4-2/h2H,3,5-19H2,1H3. The first-order valence-corrected chi connectivity index (χ1v) is 9.31. The summed E-state index contributed by atoms with van der Waals surface area (Å²) in [5.41, 5.74) is 0. The van der Waals surface area contributed by atoms with Crippen molar-refractivity contribution in [3.05, 3.63) is 0 Å². The molecule has 0 saturated carbocycles. The maximum absolute atomic E-state index is 5.49. The first kappa shape index (κ1) is 24.3. The van der Waals surface area contributed by atoms with Crippen molar-refractivity contribution in [2.45, 2.75) is 32.6 Å². The predicted molar refractivity (Wildman–Crippen MR) is 97.9 cm³/mol. The normalized spacial score (nSPS) is 10.9. The first-order chi connectivity index (χ1) is 12.4. The molecule has 0 aliphatic rings. The largest absolute Gasteiger partial charge is 0.379 e. The molecule has 0 bridgehead atoms. The Balaban J connectivity index is 2.95. The minimum Gasteiger partial charge on any atom is -0.379 e. The van der Waals surface area contributed by atoms with Gasteiger partial charge in [0.25, 0.3) is 0 Å². The number of rotatable bonds is 21. The summed E-state index contributed by atoms with van der Waals surface area (Å²) in [5, 5.41) is 0. The van der Waals surface area contributed by atoms with Crippen LogP contribution in [0, 0.1) is 12.3 Å². The molecule has 0 aliphatic carbocycles. The van der Waals surface area contributed by atoms with E-state index < -0.39 is 0 Å². The Hall–Kier alpha value is -0.680. The molecule has 0 radical (unpaired) electrons. The zero-order valence-corrected chi connectivity index (χ0v) is 15.8. The van der Waals surface area contributed by atoms with Gasteiger partial charge in [0.1, 0.15) is 6.61 Å². The molecule has 0 aromatic heterocycles. The lowest BCUT2D eigenvalue weighted by atomic mass is 10.2. The molecule has 0 fully saturated rings. The summed E-state index contributed by atoms with van der Waals surface area (Å²) < 4.78 is 32.1. The maximum atomic E-state index is 5.49. The van der Waals surface area contributed by atoms with Crippen LogP contribution in [0.4, 0.5) is 0 Å². The highest BCUT2D eigenvalue weighted by molar-refractivity contribution is 4.82. The van der Waals surface area contributed by atoms with E-state index in [1.54, 1.807) is 0 Å². The van der Waals surface area contributed by atoms with Gasteiger partial charge in [0.15, 0.2) is 0 Å². The van der Waals surface area contributed by atoms with Gasteiger partial charge in [-0.15, -0.1) is 6.42 Å². The first-order valence-electron chi connectivity index (χ1n) is 9.31. The van der Waals surface area contributed by atoms with Crippen molar-refractivity contribution >= 4 is 0 Å². The minimum absolute atomic E-state index is 0.326. The van der Waals surface area contributed by atoms with Crippen molar-refractivity contribution < 1.29 is 28.4 Å². The number of unbranched alkanes of at least 4 members (excludes halogenated alkanes) is 3. The van der Waals surface area contributed by atoms with Crippen LogP contribution in [-0.2, 0) is 28.4 Å². The molecule has 0 saturated heterocycles. The fourth-order valence-corrected chi connectivity index (χ4v) is 1.86. The van der Waals surface area contributed by atoms with Crippen LogP contribution in [0.25, 0.3) is 0 Å². The molecule has 148 valence electrons. The molecule has 0 heterocycles. The number of hydrogen-bond acceptors (Lipinski definition) is 6. The summed E-state index contributed by atoms with van der Waals surface area (Å²) >= 11 is 0. The molecular formula is C19H36O6. The molecule has 0 aromatic rings. The van der Waals surface area contributed by atoms with Crippen molar-refractivity contribution in [2.24, 2.45) is 0 Å². The van der Waals surface area contributed by atoms with E-state index in [4.69, 9.17) is 34.8 Å². The molecule has 0 aromatic carbocycles. The van der Waals surface area contributed by atoms with E-state index in [0.29, 0.717) is 72.7 Å².